The van der Waals surface area contributed by atoms with Gasteiger partial charge in [-0.3, -0.25) is 14.5 Å². The standard InChI is InChI=1S/C43H51FN8O3/c1-4-39-37(40(48-36-12-18-55-19-13-36)38-27-47-52(5-2)41(38)49-39)26-46-43(54)33-11-7-10-32(23-33)42(53)45-25-30-21-34(24-35(44)22-30)31-9-6-8-29(20-31)28-51-16-14-50(3)15-17-51/h6-11,20-24,27,36H,4-5,12-19,25-26,28H2,1-3H3,(H,45,53)(H,46,54)(H,48,49). The quantitative estimate of drug-likeness (QED) is 0.134. The van der Waals surface area contributed by atoms with Crippen molar-refractivity contribution in [1.82, 2.24) is 35.2 Å². The Hall–Kier alpha value is -5.17. The molecule has 0 spiro atoms. The molecule has 3 aromatic carbocycles. The topological polar surface area (TPSA) is 117 Å². The van der Waals surface area contributed by atoms with E-state index in [0.717, 1.165) is 84.7 Å². The normalized spacial score (nSPS) is 15.6. The number of nitrogens with one attached hydrogen (secondary N) is 3. The van der Waals surface area contributed by atoms with Crippen molar-refractivity contribution in [3.63, 3.8) is 0 Å². The number of benzene rings is 3. The lowest BCUT2D eigenvalue weighted by atomic mass is 10.0. The molecule has 0 saturated carbocycles. The average molecular weight is 747 g/mol. The molecule has 2 aromatic heterocycles. The zero-order valence-corrected chi connectivity index (χ0v) is 32.0. The number of hydrogen-bond acceptors (Lipinski definition) is 8. The Kier molecular flexibility index (Phi) is 12.1. The van der Waals surface area contributed by atoms with Crippen LogP contribution >= 0.6 is 0 Å². The Morgan fingerprint density at radius 1 is 0.855 bits per heavy atom. The minimum atomic E-state index is -0.365. The summed E-state index contributed by atoms with van der Waals surface area (Å²) in [7, 11) is 2.15. The van der Waals surface area contributed by atoms with Gasteiger partial charge in [-0.25, -0.2) is 14.1 Å². The molecule has 2 aliphatic rings. The largest absolute Gasteiger partial charge is 0.381 e. The number of pyridine rings is 1. The third kappa shape index (κ3) is 9.21. The van der Waals surface area contributed by atoms with Crippen molar-refractivity contribution in [1.29, 1.82) is 0 Å². The maximum Gasteiger partial charge on any atom is 0.251 e. The Morgan fingerprint density at radius 3 is 2.29 bits per heavy atom. The molecule has 12 heteroatoms. The second-order valence-electron chi connectivity index (χ2n) is 14.6. The van der Waals surface area contributed by atoms with Crippen LogP contribution in [0.4, 0.5) is 10.1 Å². The van der Waals surface area contributed by atoms with Crippen LogP contribution in [0.2, 0.25) is 0 Å². The van der Waals surface area contributed by atoms with Gasteiger partial charge in [0.25, 0.3) is 11.8 Å². The first kappa shape index (κ1) is 38.1. The summed E-state index contributed by atoms with van der Waals surface area (Å²) in [5, 5.41) is 15.3. The lowest BCUT2D eigenvalue weighted by Crippen LogP contribution is -2.43. The number of fused-ring (bicyclic) bond motifs is 1. The fraction of sp³-hybridized carbons (Fsp3) is 0.395. The van der Waals surface area contributed by atoms with E-state index >= 15 is 0 Å². The van der Waals surface area contributed by atoms with Crippen LogP contribution in [0.5, 0.6) is 0 Å². The van der Waals surface area contributed by atoms with Gasteiger partial charge in [-0.15, -0.1) is 0 Å². The number of nitrogens with zero attached hydrogens (tertiary/aromatic N) is 5. The second kappa shape index (κ2) is 17.5. The molecule has 2 aliphatic heterocycles. The van der Waals surface area contributed by atoms with Crippen molar-refractivity contribution in [2.24, 2.45) is 0 Å². The Bertz CT molecular complexity index is 2140. The monoisotopic (exact) mass is 746 g/mol. The van der Waals surface area contributed by atoms with E-state index in [0.29, 0.717) is 42.9 Å². The molecular weight excluding hydrogens is 696 g/mol. The zero-order chi connectivity index (χ0) is 38.3. The highest BCUT2D eigenvalue weighted by Crippen LogP contribution is 2.31. The molecule has 2 saturated heterocycles. The van der Waals surface area contributed by atoms with Crippen LogP contribution in [0, 0.1) is 5.82 Å². The lowest BCUT2D eigenvalue weighted by Gasteiger charge is -2.32. The van der Waals surface area contributed by atoms with Crippen LogP contribution in [0.25, 0.3) is 22.2 Å². The predicted molar refractivity (Wildman–Crippen MR) is 213 cm³/mol. The molecule has 0 aliphatic carbocycles. The van der Waals surface area contributed by atoms with E-state index in [1.165, 1.54) is 17.7 Å². The number of hydrogen-bond donors (Lipinski definition) is 3. The SMILES string of the molecule is CCc1nc2c(cnn2CC)c(NC2CCOCC2)c1CNC(=O)c1cccc(C(=O)NCc2cc(F)cc(-c3cccc(CN4CCN(C)CC4)c3)c2)c1. The fourth-order valence-electron chi connectivity index (χ4n) is 7.49. The number of rotatable bonds is 13. The van der Waals surface area contributed by atoms with E-state index in [4.69, 9.17) is 9.72 Å². The third-order valence-electron chi connectivity index (χ3n) is 10.7. The Balaban J connectivity index is 1.02. The molecule has 288 valence electrons. The molecule has 2 amide bonds. The van der Waals surface area contributed by atoms with Gasteiger partial charge >= 0.3 is 0 Å². The van der Waals surface area contributed by atoms with E-state index in [1.54, 1.807) is 24.3 Å². The number of amides is 2. The van der Waals surface area contributed by atoms with Crippen LogP contribution in [0.3, 0.4) is 0 Å². The highest BCUT2D eigenvalue weighted by Gasteiger charge is 2.23. The van der Waals surface area contributed by atoms with Gasteiger partial charge in [0, 0.05) is 94.0 Å². The van der Waals surface area contributed by atoms with Gasteiger partial charge in [-0.05, 0) is 98.0 Å². The van der Waals surface area contributed by atoms with Gasteiger partial charge < -0.3 is 25.6 Å². The highest BCUT2D eigenvalue weighted by molar-refractivity contribution is 6.00. The number of ether oxygens (including phenoxy) is 1. The van der Waals surface area contributed by atoms with Crippen LogP contribution in [0.15, 0.2) is 72.9 Å². The fourth-order valence-corrected chi connectivity index (χ4v) is 7.49. The minimum absolute atomic E-state index is 0.133. The zero-order valence-electron chi connectivity index (χ0n) is 32.0. The first-order valence-electron chi connectivity index (χ1n) is 19.5. The summed E-state index contributed by atoms with van der Waals surface area (Å²) in [6.45, 7) is 11.6. The summed E-state index contributed by atoms with van der Waals surface area (Å²) in [5.41, 5.74) is 7.81. The number of piperazine rings is 1. The first-order chi connectivity index (χ1) is 26.8. The van der Waals surface area contributed by atoms with Gasteiger partial charge in [0.1, 0.15) is 5.82 Å². The van der Waals surface area contributed by atoms with Gasteiger partial charge in [0.05, 0.1) is 17.3 Å². The van der Waals surface area contributed by atoms with Gasteiger partial charge in [-0.1, -0.05) is 31.2 Å². The first-order valence-corrected chi connectivity index (χ1v) is 19.5. The van der Waals surface area contributed by atoms with Crippen LogP contribution < -0.4 is 16.0 Å². The van der Waals surface area contributed by atoms with E-state index in [-0.39, 0.29) is 36.8 Å². The smallest absolute Gasteiger partial charge is 0.251 e. The number of carbonyl (C=O) groups excluding carboxylic acids is 2. The van der Waals surface area contributed by atoms with Crippen LogP contribution in [0.1, 0.15) is 69.8 Å². The molecule has 5 aromatic rings. The minimum Gasteiger partial charge on any atom is -0.381 e. The van der Waals surface area contributed by atoms with E-state index < -0.39 is 0 Å². The second-order valence-corrected chi connectivity index (χ2v) is 14.6. The molecule has 0 radical (unpaired) electrons. The molecular formula is C43H51FN8O3. The predicted octanol–water partition coefficient (Wildman–Crippen LogP) is 6.02. The van der Waals surface area contributed by atoms with Gasteiger partial charge in [0.15, 0.2) is 5.65 Å². The summed E-state index contributed by atoms with van der Waals surface area (Å²) < 4.78 is 22.4. The van der Waals surface area contributed by atoms with Crippen LogP contribution in [-0.2, 0) is 37.3 Å². The summed E-state index contributed by atoms with van der Waals surface area (Å²) >= 11 is 0. The molecule has 0 atom stereocenters. The average Bonchev–Trinajstić information content (AvgIpc) is 3.63. The van der Waals surface area contributed by atoms with E-state index in [1.807, 2.05) is 36.0 Å². The van der Waals surface area contributed by atoms with E-state index in [9.17, 15) is 14.0 Å². The van der Waals surface area contributed by atoms with Crippen LogP contribution in [-0.4, -0.2) is 88.9 Å². The number of carbonyl (C=O) groups is 2. The molecule has 7 rings (SSSR count). The maximum atomic E-state index is 14.9. The number of halogens is 1. The molecule has 0 unspecified atom stereocenters. The maximum absolute atomic E-state index is 14.9. The number of aromatic nitrogens is 3. The lowest BCUT2D eigenvalue weighted by molar-refractivity contribution is 0.0904. The summed E-state index contributed by atoms with van der Waals surface area (Å²) in [5.74, 6) is -1.02. The van der Waals surface area contributed by atoms with Crippen molar-refractivity contribution in [2.75, 3.05) is 51.8 Å². The molecule has 55 heavy (non-hydrogen) atoms. The summed E-state index contributed by atoms with van der Waals surface area (Å²) in [6.07, 6.45) is 4.31. The molecule has 2 fully saturated rings. The highest BCUT2D eigenvalue weighted by atomic mass is 19.1. The summed E-state index contributed by atoms with van der Waals surface area (Å²) in [4.78, 5) is 36.7. The van der Waals surface area contributed by atoms with Crippen molar-refractivity contribution in [3.05, 3.63) is 112 Å². The van der Waals surface area contributed by atoms with Gasteiger partial charge in [0.2, 0.25) is 0 Å². The number of aryl methyl sites for hydroxylation is 2. The number of likely N-dealkylation sites (N-methyl/N-ethyl adjacent to an activating group) is 1. The molecule has 11 nitrogen and oxygen atoms in total. The Labute approximate surface area is 322 Å². The van der Waals surface area contributed by atoms with Crippen molar-refractivity contribution >= 4 is 28.5 Å². The third-order valence-corrected chi connectivity index (χ3v) is 10.7. The van der Waals surface area contributed by atoms with Gasteiger partial charge in [-0.2, -0.15) is 5.10 Å². The molecule has 0 bridgehead atoms. The van der Waals surface area contributed by atoms with Crippen molar-refractivity contribution in [2.45, 2.75) is 65.3 Å². The summed E-state index contributed by atoms with van der Waals surface area (Å²) in [6, 6.07) is 20.0. The van der Waals surface area contributed by atoms with Crippen molar-refractivity contribution < 1.29 is 18.7 Å². The van der Waals surface area contributed by atoms with Crippen molar-refractivity contribution in [3.8, 4) is 11.1 Å². The molecule has 4 heterocycles. The number of anilines is 1. The molecule has 3 N–H and O–H groups in total. The Morgan fingerprint density at radius 2 is 1.56 bits per heavy atom. The van der Waals surface area contributed by atoms with E-state index in [2.05, 4.69) is 57.0 Å².